The van der Waals surface area contributed by atoms with E-state index in [2.05, 4.69) is 29.2 Å². The van der Waals surface area contributed by atoms with E-state index < -0.39 is 0 Å². The average molecular weight is 406 g/mol. The average Bonchev–Trinajstić information content (AvgIpc) is 3.34. The van der Waals surface area contributed by atoms with Crippen molar-refractivity contribution in [3.8, 4) is 9.75 Å². The number of nitrogens with zero attached hydrogens (tertiary/aromatic N) is 1. The summed E-state index contributed by atoms with van der Waals surface area (Å²) in [5, 5.41) is 0. The van der Waals surface area contributed by atoms with Crippen molar-refractivity contribution in [3.05, 3.63) is 39.1 Å². The van der Waals surface area contributed by atoms with Crippen LogP contribution in [0.2, 0.25) is 4.34 Å². The van der Waals surface area contributed by atoms with Gasteiger partial charge >= 0.3 is 5.97 Å². The van der Waals surface area contributed by atoms with Gasteiger partial charge in [0, 0.05) is 33.3 Å². The van der Waals surface area contributed by atoms with E-state index in [1.54, 1.807) is 22.7 Å². The fourth-order valence-electron chi connectivity index (χ4n) is 5.07. The number of hydrogen-bond donors (Lipinski definition) is 0. The van der Waals surface area contributed by atoms with E-state index in [0.717, 1.165) is 23.7 Å². The van der Waals surface area contributed by atoms with Crippen molar-refractivity contribution in [2.24, 2.45) is 11.8 Å². The van der Waals surface area contributed by atoms with Crippen LogP contribution in [0.5, 0.6) is 0 Å². The van der Waals surface area contributed by atoms with Crippen molar-refractivity contribution in [3.63, 3.8) is 0 Å². The quantitative estimate of drug-likeness (QED) is 0.660. The van der Waals surface area contributed by atoms with Crippen molar-refractivity contribution >= 4 is 46.3 Å². The summed E-state index contributed by atoms with van der Waals surface area (Å²) in [5.41, 5.74) is 1.40. The second-order valence-electron chi connectivity index (χ2n) is 7.39. The number of carbonyl (C=O) groups is 1. The van der Waals surface area contributed by atoms with Gasteiger partial charge in [-0.2, -0.15) is 0 Å². The minimum absolute atomic E-state index is 0.00860. The fraction of sp³-hybridized carbons (Fsp3) is 0.450. The van der Waals surface area contributed by atoms with Gasteiger partial charge in [0.1, 0.15) is 0 Å². The molecule has 0 aliphatic carbocycles. The van der Waals surface area contributed by atoms with E-state index in [9.17, 15) is 4.79 Å². The number of carbonyl (C=O) groups excluding carboxylic acids is 1. The highest BCUT2D eigenvalue weighted by atomic mass is 35.5. The smallest absolute Gasteiger partial charge is 0.310 e. The van der Waals surface area contributed by atoms with Gasteiger partial charge in [-0.3, -0.25) is 9.69 Å². The molecule has 0 N–H and O–H groups in total. The molecule has 4 fully saturated rings. The minimum Gasteiger partial charge on any atom is -0.469 e. The van der Waals surface area contributed by atoms with Gasteiger partial charge in [-0.15, -0.1) is 22.7 Å². The fourth-order valence-corrected chi connectivity index (χ4v) is 7.19. The number of hydrogen-bond acceptors (Lipinski definition) is 5. The summed E-state index contributed by atoms with van der Waals surface area (Å²) in [6, 6.07) is 9.42. The number of rotatable bonds is 3. The molecule has 4 bridgehead atoms. The molecule has 5 atom stereocenters. The Labute approximate surface area is 166 Å². The topological polar surface area (TPSA) is 29.5 Å². The molecule has 26 heavy (non-hydrogen) atoms. The Morgan fingerprint density at radius 1 is 1.23 bits per heavy atom. The molecule has 0 saturated carbocycles. The van der Waals surface area contributed by atoms with Crippen LogP contribution < -0.4 is 0 Å². The molecule has 4 aliphatic heterocycles. The number of halogens is 1. The monoisotopic (exact) mass is 405 g/mol. The first-order chi connectivity index (χ1) is 12.6. The van der Waals surface area contributed by atoms with Gasteiger partial charge in [0.2, 0.25) is 0 Å². The second-order valence-corrected chi connectivity index (χ2v) is 10.2. The zero-order valence-corrected chi connectivity index (χ0v) is 16.9. The van der Waals surface area contributed by atoms with Gasteiger partial charge < -0.3 is 4.74 Å². The molecule has 3 nitrogen and oxygen atoms in total. The standard InChI is InChI=1S/C20H20ClNO2S2/c1-24-20(23)19-14-9-12-2-4-15(19)22(12)10-11(14)8-13-3-5-16(25-13)17-6-7-18(21)26-17/h3,5-8,12,14-15,19H,2,4,9-10H2,1H3/b11-8+/t12-,14+,15+,19-/m0/s1. The maximum Gasteiger partial charge on any atom is 0.310 e. The van der Waals surface area contributed by atoms with Crippen LogP contribution in [-0.2, 0) is 9.53 Å². The van der Waals surface area contributed by atoms with Crippen LogP contribution in [0.25, 0.3) is 15.8 Å². The van der Waals surface area contributed by atoms with E-state index in [-0.39, 0.29) is 11.9 Å². The van der Waals surface area contributed by atoms with E-state index in [4.69, 9.17) is 16.3 Å². The third kappa shape index (κ3) is 2.68. The first kappa shape index (κ1) is 17.0. The summed E-state index contributed by atoms with van der Waals surface area (Å²) in [4.78, 5) is 18.7. The Bertz CT molecular complexity index is 886. The van der Waals surface area contributed by atoms with Crippen LogP contribution >= 0.6 is 34.3 Å². The minimum atomic E-state index is -0.0314. The van der Waals surface area contributed by atoms with Crippen LogP contribution in [-0.4, -0.2) is 36.6 Å². The maximum atomic E-state index is 12.4. The summed E-state index contributed by atoms with van der Waals surface area (Å²) in [5.74, 6) is 0.317. The number of ether oxygens (including phenoxy) is 1. The molecule has 6 heterocycles. The lowest BCUT2D eigenvalue weighted by molar-refractivity contribution is -0.153. The van der Waals surface area contributed by atoms with Gasteiger partial charge in [-0.05, 0) is 55.5 Å². The van der Waals surface area contributed by atoms with Crippen LogP contribution in [0, 0.1) is 11.8 Å². The second kappa shape index (κ2) is 6.48. The summed E-state index contributed by atoms with van der Waals surface area (Å²) in [7, 11) is 1.52. The van der Waals surface area contributed by atoms with E-state index >= 15 is 0 Å². The molecule has 6 rings (SSSR count). The molecule has 0 aromatic carbocycles. The number of methoxy groups -OCH3 is 1. The van der Waals surface area contributed by atoms with Crippen LogP contribution in [0.3, 0.4) is 0 Å². The lowest BCUT2D eigenvalue weighted by atomic mass is 9.71. The van der Waals surface area contributed by atoms with Crippen molar-refractivity contribution in [1.29, 1.82) is 0 Å². The zero-order chi connectivity index (χ0) is 17.8. The predicted octanol–water partition coefficient (Wildman–Crippen LogP) is 5.17. The number of esters is 1. The predicted molar refractivity (Wildman–Crippen MR) is 108 cm³/mol. The van der Waals surface area contributed by atoms with Gasteiger partial charge in [-0.25, -0.2) is 0 Å². The molecule has 6 heteroatoms. The first-order valence-corrected chi connectivity index (χ1v) is 11.0. The molecule has 0 amide bonds. The molecule has 0 radical (unpaired) electrons. The SMILES string of the molecule is COC(=O)[C@H]1[C@@H]2C[C@@H]3CC[C@H]1N3C/C2=C\c1ccc(-c2ccc(Cl)s2)s1. The number of fused-ring (bicyclic) bond motifs is 1. The highest BCUT2D eigenvalue weighted by molar-refractivity contribution is 7.24. The molecule has 4 aliphatic rings. The number of piperidine rings is 3. The van der Waals surface area contributed by atoms with Gasteiger partial charge in [-0.1, -0.05) is 17.2 Å². The van der Waals surface area contributed by atoms with E-state index in [1.165, 1.54) is 33.7 Å². The lowest BCUT2D eigenvalue weighted by Gasteiger charge is -2.50. The molecule has 136 valence electrons. The van der Waals surface area contributed by atoms with E-state index in [0.29, 0.717) is 18.0 Å². The number of thiophene rings is 2. The molecular weight excluding hydrogens is 386 g/mol. The zero-order valence-electron chi connectivity index (χ0n) is 14.5. The Morgan fingerprint density at radius 2 is 2.04 bits per heavy atom. The molecular formula is C20H20ClNO2S2. The van der Waals surface area contributed by atoms with Crippen molar-refractivity contribution in [1.82, 2.24) is 4.90 Å². The Hall–Kier alpha value is -1.14. The van der Waals surface area contributed by atoms with Crippen molar-refractivity contribution in [2.45, 2.75) is 31.3 Å². The molecule has 0 spiro atoms. The van der Waals surface area contributed by atoms with Crippen molar-refractivity contribution < 1.29 is 9.53 Å². The van der Waals surface area contributed by atoms with Gasteiger partial charge in [0.15, 0.2) is 0 Å². The maximum absolute atomic E-state index is 12.4. The van der Waals surface area contributed by atoms with Gasteiger partial charge in [0.05, 0.1) is 17.4 Å². The Kier molecular flexibility index (Phi) is 4.24. The Balaban J connectivity index is 1.45. The third-order valence-electron chi connectivity index (χ3n) is 6.15. The first-order valence-electron chi connectivity index (χ1n) is 9.03. The summed E-state index contributed by atoms with van der Waals surface area (Å²) >= 11 is 9.48. The summed E-state index contributed by atoms with van der Waals surface area (Å²) < 4.78 is 5.98. The van der Waals surface area contributed by atoms with Crippen LogP contribution in [0.4, 0.5) is 0 Å². The van der Waals surface area contributed by atoms with Crippen LogP contribution in [0.1, 0.15) is 24.1 Å². The van der Waals surface area contributed by atoms with Crippen molar-refractivity contribution in [2.75, 3.05) is 13.7 Å². The third-order valence-corrected chi connectivity index (χ3v) is 8.61. The molecule has 2 aromatic heterocycles. The Morgan fingerprint density at radius 3 is 2.81 bits per heavy atom. The normalized spacial score (nSPS) is 33.8. The summed E-state index contributed by atoms with van der Waals surface area (Å²) in [6.07, 6.45) is 5.77. The highest BCUT2D eigenvalue weighted by Crippen LogP contribution is 2.51. The largest absolute Gasteiger partial charge is 0.469 e. The van der Waals surface area contributed by atoms with E-state index in [1.807, 2.05) is 6.07 Å². The van der Waals surface area contributed by atoms with Crippen LogP contribution in [0.15, 0.2) is 29.8 Å². The molecule has 2 aromatic rings. The summed E-state index contributed by atoms with van der Waals surface area (Å²) in [6.45, 7) is 1.01. The molecule has 4 saturated heterocycles. The van der Waals surface area contributed by atoms with Gasteiger partial charge in [0.25, 0.3) is 0 Å². The lowest BCUT2D eigenvalue weighted by Crippen LogP contribution is -2.58. The highest BCUT2D eigenvalue weighted by Gasteiger charge is 2.55. The molecule has 1 unspecified atom stereocenters.